The van der Waals surface area contributed by atoms with Crippen molar-refractivity contribution in [2.75, 3.05) is 19.8 Å². The minimum Gasteiger partial charge on any atom is -0.394 e. The number of nitrogens with one attached hydrogen (secondary N) is 1. The Labute approximate surface area is 459 Å². The number of rotatable bonds is 46. The van der Waals surface area contributed by atoms with E-state index in [1.165, 1.54) is 77.0 Å². The van der Waals surface area contributed by atoms with Crippen molar-refractivity contribution in [1.29, 1.82) is 0 Å². The van der Waals surface area contributed by atoms with Gasteiger partial charge in [0.1, 0.15) is 48.8 Å². The van der Waals surface area contributed by atoms with Crippen LogP contribution in [0, 0.1) is 0 Å². The van der Waals surface area contributed by atoms with Gasteiger partial charge in [-0.25, -0.2) is 0 Å². The summed E-state index contributed by atoms with van der Waals surface area (Å²) in [4.78, 5) is 13.2. The van der Waals surface area contributed by atoms with E-state index < -0.39 is 86.8 Å². The van der Waals surface area contributed by atoms with E-state index in [1.807, 2.05) is 0 Å². The third-order valence-corrected chi connectivity index (χ3v) is 14.1. The summed E-state index contributed by atoms with van der Waals surface area (Å²) >= 11 is 0. The van der Waals surface area contributed by atoms with Crippen LogP contribution in [0.25, 0.3) is 0 Å². The second kappa shape index (κ2) is 47.0. The quantitative estimate of drug-likeness (QED) is 0.0205. The highest BCUT2D eigenvalue weighted by molar-refractivity contribution is 5.76. The molecular weight excluding hydrogens is 967 g/mol. The number of allylic oxidation sites excluding steroid dienone is 14. The van der Waals surface area contributed by atoms with E-state index in [2.05, 4.69) is 104 Å². The average Bonchev–Trinajstić information content (AvgIpc) is 3.42. The molecule has 0 aromatic rings. The van der Waals surface area contributed by atoms with Crippen LogP contribution in [0.1, 0.15) is 206 Å². The first-order valence-corrected chi connectivity index (χ1v) is 29.8. The second-order valence-electron chi connectivity index (χ2n) is 20.7. The molecule has 0 spiro atoms. The lowest BCUT2D eigenvalue weighted by atomic mass is 9.97. The standard InChI is InChI=1S/C62H107NO13/c1-3-5-7-9-11-13-15-16-17-18-19-20-21-22-23-24-25-26-27-28-29-30-31-32-33-34-36-38-40-42-44-46-54(67)63-50(51(66)45-43-41-39-37-35-14-12-10-8-6-4-2)49-73-61-59(72)57(70)60(53(48-65)75-61)76-62-58(71)56(69)55(68)52(47-64)74-62/h5,7,11,13,16-17,19-20,22-23,25-26,28-29,50-53,55-62,64-66,68-72H,3-4,6,8-10,12,14-15,18,21,24,27,30-49H2,1-2H3,(H,63,67)/b7-5-,13-11-,17-16-,20-19-,23-22-,26-25-,29-28-. The zero-order valence-corrected chi connectivity index (χ0v) is 47.0. The van der Waals surface area contributed by atoms with Crippen LogP contribution in [-0.2, 0) is 23.7 Å². The zero-order valence-electron chi connectivity index (χ0n) is 47.0. The van der Waals surface area contributed by atoms with E-state index in [9.17, 15) is 45.6 Å². The predicted octanol–water partition coefficient (Wildman–Crippen LogP) is 10.1. The summed E-state index contributed by atoms with van der Waals surface area (Å²) in [6, 6.07) is -0.836. The Kier molecular flexibility index (Phi) is 42.9. The van der Waals surface area contributed by atoms with Crippen LogP contribution in [0.4, 0.5) is 0 Å². The minimum atomic E-state index is -1.79. The lowest BCUT2D eigenvalue weighted by Crippen LogP contribution is -2.65. The molecule has 0 aromatic heterocycles. The van der Waals surface area contributed by atoms with Gasteiger partial charge in [0.15, 0.2) is 12.6 Å². The Balaban J connectivity index is 1.67. The molecule has 0 aromatic carbocycles. The topological polar surface area (TPSA) is 228 Å². The van der Waals surface area contributed by atoms with Crippen molar-refractivity contribution in [1.82, 2.24) is 5.32 Å². The highest BCUT2D eigenvalue weighted by atomic mass is 16.7. The SMILES string of the molecule is CC/C=C\C/C=C\C/C=C\C/C=C\C/C=C\C/C=C\C/C=C\CCCCCCCCCCCC(=O)NC(COC1OC(CO)C(OC2OC(CO)C(O)C(O)C2O)C(O)C1O)C(O)CCCCCCCCCCCCC. The number of ether oxygens (including phenoxy) is 4. The van der Waals surface area contributed by atoms with E-state index in [-0.39, 0.29) is 12.5 Å². The lowest BCUT2D eigenvalue weighted by Gasteiger charge is -2.46. The summed E-state index contributed by atoms with van der Waals surface area (Å²) in [5.41, 5.74) is 0. The summed E-state index contributed by atoms with van der Waals surface area (Å²) in [5.74, 6) is -0.218. The summed E-state index contributed by atoms with van der Waals surface area (Å²) in [6.45, 7) is 2.71. The van der Waals surface area contributed by atoms with E-state index in [1.54, 1.807) is 0 Å². The maximum atomic E-state index is 13.2. The van der Waals surface area contributed by atoms with Crippen LogP contribution in [-0.4, -0.2) is 140 Å². The molecule has 2 saturated heterocycles. The molecule has 0 saturated carbocycles. The van der Waals surface area contributed by atoms with Crippen molar-refractivity contribution in [2.45, 2.75) is 280 Å². The Bertz CT molecular complexity index is 1600. The Morgan fingerprint density at radius 1 is 0.487 bits per heavy atom. The molecule has 0 radical (unpaired) electrons. The number of unbranched alkanes of at least 4 members (excludes halogenated alkanes) is 19. The van der Waals surface area contributed by atoms with Gasteiger partial charge < -0.3 is 65.1 Å². The van der Waals surface area contributed by atoms with Crippen LogP contribution < -0.4 is 5.32 Å². The molecule has 76 heavy (non-hydrogen) atoms. The molecule has 2 aliphatic heterocycles. The van der Waals surface area contributed by atoms with Crippen LogP contribution >= 0.6 is 0 Å². The highest BCUT2D eigenvalue weighted by Crippen LogP contribution is 2.30. The Hall–Kier alpha value is -2.83. The Morgan fingerprint density at radius 3 is 1.39 bits per heavy atom. The van der Waals surface area contributed by atoms with Gasteiger partial charge in [0.2, 0.25) is 5.91 Å². The summed E-state index contributed by atoms with van der Waals surface area (Å²) in [7, 11) is 0. The molecule has 2 rings (SSSR count). The molecule has 1 amide bonds. The number of aliphatic hydroxyl groups excluding tert-OH is 8. The number of aliphatic hydroxyl groups is 8. The highest BCUT2D eigenvalue weighted by Gasteiger charge is 2.51. The van der Waals surface area contributed by atoms with Gasteiger partial charge in [-0.2, -0.15) is 0 Å². The predicted molar refractivity (Wildman–Crippen MR) is 304 cm³/mol. The van der Waals surface area contributed by atoms with E-state index in [0.717, 1.165) is 96.3 Å². The molecule has 14 nitrogen and oxygen atoms in total. The molecular formula is C62H107NO13. The summed E-state index contributed by atoms with van der Waals surface area (Å²) in [5, 5.41) is 87.1. The monoisotopic (exact) mass is 1070 g/mol. The fourth-order valence-electron chi connectivity index (χ4n) is 9.33. The van der Waals surface area contributed by atoms with Crippen LogP contribution in [0.5, 0.6) is 0 Å². The number of carbonyl (C=O) groups excluding carboxylic acids is 1. The van der Waals surface area contributed by atoms with Gasteiger partial charge in [-0.15, -0.1) is 0 Å². The maximum absolute atomic E-state index is 13.2. The maximum Gasteiger partial charge on any atom is 0.220 e. The van der Waals surface area contributed by atoms with Crippen LogP contribution in [0.15, 0.2) is 85.1 Å². The number of carbonyl (C=O) groups is 1. The molecule has 9 N–H and O–H groups in total. The largest absolute Gasteiger partial charge is 0.394 e. The first-order valence-electron chi connectivity index (χ1n) is 29.8. The van der Waals surface area contributed by atoms with Gasteiger partial charge in [0.25, 0.3) is 0 Å². The van der Waals surface area contributed by atoms with Gasteiger partial charge >= 0.3 is 0 Å². The van der Waals surface area contributed by atoms with Gasteiger partial charge in [0, 0.05) is 6.42 Å². The molecule has 0 bridgehead atoms. The van der Waals surface area contributed by atoms with Crippen molar-refractivity contribution in [2.24, 2.45) is 0 Å². The van der Waals surface area contributed by atoms with Gasteiger partial charge in [-0.3, -0.25) is 4.79 Å². The number of amides is 1. The molecule has 438 valence electrons. The fraction of sp³-hybridized carbons (Fsp3) is 0.758. The number of hydrogen-bond donors (Lipinski definition) is 9. The molecule has 12 atom stereocenters. The third-order valence-electron chi connectivity index (χ3n) is 14.1. The molecule has 0 aliphatic carbocycles. The van der Waals surface area contributed by atoms with Crippen molar-refractivity contribution >= 4 is 5.91 Å². The molecule has 2 fully saturated rings. The lowest BCUT2D eigenvalue weighted by molar-refractivity contribution is -0.359. The third kappa shape index (κ3) is 32.3. The van der Waals surface area contributed by atoms with Gasteiger partial charge in [-0.05, 0) is 70.6 Å². The van der Waals surface area contributed by atoms with Crippen molar-refractivity contribution in [3.8, 4) is 0 Å². The average molecular weight is 1070 g/mol. The fourth-order valence-corrected chi connectivity index (χ4v) is 9.33. The van der Waals surface area contributed by atoms with Gasteiger partial charge in [0.05, 0.1) is 32.0 Å². The zero-order chi connectivity index (χ0) is 55.3. The Morgan fingerprint density at radius 2 is 0.908 bits per heavy atom. The first kappa shape index (κ1) is 69.3. The summed E-state index contributed by atoms with van der Waals surface area (Å²) in [6.07, 6.45) is 45.9. The molecule has 14 heteroatoms. The molecule has 2 heterocycles. The number of hydrogen-bond acceptors (Lipinski definition) is 13. The minimum absolute atomic E-state index is 0.218. The van der Waals surface area contributed by atoms with Crippen molar-refractivity contribution < 1.29 is 64.6 Å². The normalized spacial score (nSPS) is 25.5. The van der Waals surface area contributed by atoms with E-state index in [0.29, 0.717) is 19.3 Å². The van der Waals surface area contributed by atoms with E-state index >= 15 is 0 Å². The van der Waals surface area contributed by atoms with Gasteiger partial charge in [-0.1, -0.05) is 214 Å². The van der Waals surface area contributed by atoms with Crippen molar-refractivity contribution in [3.63, 3.8) is 0 Å². The second-order valence-corrected chi connectivity index (χ2v) is 20.7. The smallest absolute Gasteiger partial charge is 0.220 e. The van der Waals surface area contributed by atoms with Crippen LogP contribution in [0.2, 0.25) is 0 Å². The van der Waals surface area contributed by atoms with Crippen molar-refractivity contribution in [3.05, 3.63) is 85.1 Å². The first-order chi connectivity index (χ1) is 37.1. The summed E-state index contributed by atoms with van der Waals surface area (Å²) < 4.78 is 22.8. The van der Waals surface area contributed by atoms with Crippen LogP contribution in [0.3, 0.4) is 0 Å². The molecule has 2 aliphatic rings. The van der Waals surface area contributed by atoms with E-state index in [4.69, 9.17) is 18.9 Å². The molecule has 12 unspecified atom stereocenters.